The molecule has 49 heavy (non-hydrogen) atoms. The third-order valence-corrected chi connectivity index (χ3v) is 11.0. The van der Waals surface area contributed by atoms with Crippen molar-refractivity contribution in [3.8, 4) is 22.5 Å². The number of ether oxygens (including phenoxy) is 1. The molecule has 0 bridgehead atoms. The molecule has 2 N–H and O–H groups in total. The van der Waals surface area contributed by atoms with E-state index in [9.17, 15) is 13.2 Å². The predicted molar refractivity (Wildman–Crippen MR) is 192 cm³/mol. The first-order valence-corrected chi connectivity index (χ1v) is 17.7. The van der Waals surface area contributed by atoms with Gasteiger partial charge in [-0.3, -0.25) is 4.79 Å². The third-order valence-electron chi connectivity index (χ3n) is 9.47. The number of rotatable bonds is 10. The van der Waals surface area contributed by atoms with Crippen LogP contribution in [0.1, 0.15) is 27.2 Å². The first-order chi connectivity index (χ1) is 23.5. The van der Waals surface area contributed by atoms with Crippen molar-refractivity contribution >= 4 is 44.0 Å². The van der Waals surface area contributed by atoms with Crippen LogP contribution < -0.4 is 15.4 Å². The fourth-order valence-electron chi connectivity index (χ4n) is 6.31. The number of nitrogens with one attached hydrogen (secondary N) is 2. The molecule has 2 aliphatic carbocycles. The highest BCUT2D eigenvalue weighted by molar-refractivity contribution is 7.89. The molecule has 248 valence electrons. The molecule has 0 amide bonds. The molecule has 1 unspecified atom stereocenters. The van der Waals surface area contributed by atoms with E-state index in [1.807, 2.05) is 124 Å². The maximum atomic E-state index is 13.9. The maximum Gasteiger partial charge on any atom is 0.312 e. The largest absolute Gasteiger partial charge is 0.464 e. The molecule has 3 aliphatic rings. The van der Waals surface area contributed by atoms with Crippen LogP contribution in [0.4, 0.5) is 17.1 Å². The number of benzene rings is 5. The van der Waals surface area contributed by atoms with Crippen molar-refractivity contribution in [1.29, 1.82) is 0 Å². The molecular weight excluding hydrogens is 635 g/mol. The molecule has 1 aliphatic heterocycles. The van der Waals surface area contributed by atoms with E-state index in [1.165, 1.54) is 0 Å². The van der Waals surface area contributed by atoms with E-state index >= 15 is 0 Å². The lowest BCUT2D eigenvalue weighted by Gasteiger charge is -2.19. The second kappa shape index (κ2) is 12.7. The van der Waals surface area contributed by atoms with Gasteiger partial charge in [-0.15, -0.1) is 0 Å². The summed E-state index contributed by atoms with van der Waals surface area (Å²) in [6.45, 7) is 5.82. The van der Waals surface area contributed by atoms with Crippen LogP contribution in [0.15, 0.2) is 136 Å². The van der Waals surface area contributed by atoms with Crippen molar-refractivity contribution in [3.63, 3.8) is 0 Å². The molecule has 0 spiro atoms. The number of carbonyl (C=O) groups excluding carboxylic acids is 1. The molecule has 1 fully saturated rings. The highest BCUT2D eigenvalue weighted by atomic mass is 32.2. The zero-order valence-electron chi connectivity index (χ0n) is 27.6. The normalized spacial score (nSPS) is 17.2. The van der Waals surface area contributed by atoms with Gasteiger partial charge in [0.1, 0.15) is 18.0 Å². The highest BCUT2D eigenvalue weighted by Crippen LogP contribution is 2.63. The zero-order valence-corrected chi connectivity index (χ0v) is 28.4. The predicted octanol–water partition coefficient (Wildman–Crippen LogP) is 8.44. The van der Waals surface area contributed by atoms with Gasteiger partial charge in [-0.25, -0.2) is 18.1 Å². The lowest BCUT2D eigenvalue weighted by molar-refractivity contribution is -0.150. The van der Waals surface area contributed by atoms with Crippen molar-refractivity contribution in [2.24, 2.45) is 15.8 Å². The van der Waals surface area contributed by atoms with Gasteiger partial charge in [0.05, 0.1) is 21.4 Å². The van der Waals surface area contributed by atoms with Gasteiger partial charge in [-0.2, -0.15) is 0 Å². The van der Waals surface area contributed by atoms with E-state index in [1.54, 1.807) is 18.2 Å². The number of sulfonamides is 1. The van der Waals surface area contributed by atoms with Gasteiger partial charge in [0.25, 0.3) is 0 Å². The highest BCUT2D eigenvalue weighted by Gasteiger charge is 2.63. The summed E-state index contributed by atoms with van der Waals surface area (Å²) in [6, 6.07) is 37.9. The van der Waals surface area contributed by atoms with Gasteiger partial charge in [0.15, 0.2) is 0 Å². The molecule has 7 rings (SSSR count). The smallest absolute Gasteiger partial charge is 0.312 e. The molecule has 8 nitrogen and oxygen atoms in total. The molecule has 0 aromatic heterocycles. The Hall–Kier alpha value is -5.25. The number of carbonyl (C=O) groups is 1. The van der Waals surface area contributed by atoms with Gasteiger partial charge in [-0.1, -0.05) is 68.4 Å². The quantitative estimate of drug-likeness (QED) is 0.0860. The molecule has 1 saturated carbocycles. The zero-order chi connectivity index (χ0) is 34.2. The molecule has 9 heteroatoms. The molecule has 4 aromatic rings. The number of fused-ring (bicyclic) bond motifs is 2. The van der Waals surface area contributed by atoms with E-state index in [-0.39, 0.29) is 29.4 Å². The van der Waals surface area contributed by atoms with Gasteiger partial charge >= 0.3 is 5.97 Å². The average Bonchev–Trinajstić information content (AvgIpc) is 3.64. The van der Waals surface area contributed by atoms with Crippen LogP contribution in [0.3, 0.4) is 0 Å². The Bertz CT molecular complexity index is 2320. The first kappa shape index (κ1) is 32.3. The number of para-hydroxylation sites is 2. The topological polar surface area (TPSA) is 110 Å². The minimum absolute atomic E-state index is 0.0522. The minimum Gasteiger partial charge on any atom is -0.464 e. The fraction of sp³-hybridized carbons (Fsp3) is 0.200. The number of hydrogen-bond donors (Lipinski definition) is 2. The summed E-state index contributed by atoms with van der Waals surface area (Å²) < 4.78 is 42.4. The maximum absolute atomic E-state index is 13.9. The van der Waals surface area contributed by atoms with Crippen molar-refractivity contribution in [1.82, 2.24) is 4.72 Å². The summed E-state index contributed by atoms with van der Waals surface area (Å²) in [6.07, 6.45) is 0.745. The lowest BCUT2D eigenvalue weighted by atomic mass is 9.93. The monoisotopic (exact) mass is 671 g/mol. The molecule has 4 aromatic carbocycles. The van der Waals surface area contributed by atoms with E-state index in [0.29, 0.717) is 27.8 Å². The van der Waals surface area contributed by atoms with Crippen LogP contribution in [0, 0.1) is 10.8 Å². The lowest BCUT2D eigenvalue weighted by Crippen LogP contribution is -2.30. The van der Waals surface area contributed by atoms with Gasteiger partial charge < -0.3 is 14.5 Å². The van der Waals surface area contributed by atoms with Crippen molar-refractivity contribution in [2.45, 2.75) is 32.1 Å². The van der Waals surface area contributed by atoms with Gasteiger partial charge in [0, 0.05) is 52.1 Å². The molecule has 1 heterocycles. The Morgan fingerprint density at radius 2 is 1.51 bits per heavy atom. The Kier molecular flexibility index (Phi) is 8.34. The average molecular weight is 672 g/mol. The summed E-state index contributed by atoms with van der Waals surface area (Å²) >= 11 is 0. The second-order valence-corrected chi connectivity index (χ2v) is 15.0. The summed E-state index contributed by atoms with van der Waals surface area (Å²) in [5.74, 6) is 0.252. The van der Waals surface area contributed by atoms with Crippen LogP contribution in [-0.4, -0.2) is 27.5 Å². The van der Waals surface area contributed by atoms with E-state index < -0.39 is 15.4 Å². The van der Waals surface area contributed by atoms with Crippen LogP contribution in [0.5, 0.6) is 0 Å². The fourth-order valence-corrected chi connectivity index (χ4v) is 7.53. The van der Waals surface area contributed by atoms with E-state index in [2.05, 4.69) is 10.0 Å². The van der Waals surface area contributed by atoms with Crippen LogP contribution >= 0.6 is 0 Å². The van der Waals surface area contributed by atoms with Gasteiger partial charge in [0.2, 0.25) is 10.0 Å². The Morgan fingerprint density at radius 3 is 2.24 bits per heavy atom. The van der Waals surface area contributed by atoms with Gasteiger partial charge in [-0.05, 0) is 73.4 Å². The van der Waals surface area contributed by atoms with Crippen LogP contribution in [0.25, 0.3) is 33.4 Å². The number of nitrogens with zero attached hydrogens (tertiary/aromatic N) is 1. The Morgan fingerprint density at radius 1 is 0.816 bits per heavy atom. The first-order valence-electron chi connectivity index (χ1n) is 16.2. The molecular formula is C40H37N3O5S. The Labute approximate surface area is 285 Å². The number of hydrogen-bond acceptors (Lipinski definition) is 7. The van der Waals surface area contributed by atoms with Crippen LogP contribution in [0.2, 0.25) is 0 Å². The SMILES string of the molecule is CC1(C)CC1(C)C(=O)OCCNS(=O)(=O)c1ccccc1-c1c2ccc(=Nc3ccccc3)cc-2oc2cc(Nc3ccccc3)ccc12. The van der Waals surface area contributed by atoms with Crippen molar-refractivity contribution in [2.75, 3.05) is 18.5 Å². The summed E-state index contributed by atoms with van der Waals surface area (Å²) in [7, 11) is -4.02. The van der Waals surface area contributed by atoms with Crippen molar-refractivity contribution < 1.29 is 22.4 Å². The summed E-state index contributed by atoms with van der Waals surface area (Å²) in [5, 5.41) is 4.86. The summed E-state index contributed by atoms with van der Waals surface area (Å²) in [4.78, 5) is 17.5. The van der Waals surface area contributed by atoms with E-state index in [4.69, 9.17) is 14.1 Å². The van der Waals surface area contributed by atoms with Crippen molar-refractivity contribution in [3.05, 3.63) is 127 Å². The third kappa shape index (κ3) is 6.47. The molecule has 0 saturated heterocycles. The summed E-state index contributed by atoms with van der Waals surface area (Å²) in [5.41, 5.74) is 4.43. The number of esters is 1. The van der Waals surface area contributed by atoms with E-state index in [0.717, 1.165) is 34.4 Å². The van der Waals surface area contributed by atoms with Crippen LogP contribution in [-0.2, 0) is 19.6 Å². The molecule has 0 radical (unpaired) electrons. The Balaban J connectivity index is 1.28. The number of anilines is 2. The second-order valence-electron chi connectivity index (χ2n) is 13.2. The standard InChI is InChI=1S/C40H37N3O5S/c1-39(2)26-40(39,3)38(44)47-23-22-41-49(45,46)36-17-11-10-16-33(36)37-31-20-18-29(42-27-12-6-4-7-13-27)24-34(31)48-35-25-30(19-21-32(35)37)43-28-14-8-5-9-15-28/h4-21,24-25,41-42H,22-23,26H2,1-3H3. The molecule has 1 atom stereocenters. The minimum atomic E-state index is -4.02.